The zero-order valence-corrected chi connectivity index (χ0v) is 41.9. The highest BCUT2D eigenvalue weighted by Gasteiger charge is 2.34. The zero-order chi connectivity index (χ0) is 44.8. The maximum Gasteiger partial charge on any atom is 0.403 e. The molecule has 0 saturated heterocycles. The summed E-state index contributed by atoms with van der Waals surface area (Å²) in [5, 5.41) is 0. The summed E-state index contributed by atoms with van der Waals surface area (Å²) in [5.41, 5.74) is 9.01. The van der Waals surface area contributed by atoms with Gasteiger partial charge in [-0.2, -0.15) is 29.4 Å². The Labute approximate surface area is 371 Å². The first-order chi connectivity index (χ1) is 28.1. The summed E-state index contributed by atoms with van der Waals surface area (Å²) in [5.74, 6) is 1.32. The molecule has 0 aliphatic rings. The van der Waals surface area contributed by atoms with Crippen molar-refractivity contribution in [3.63, 3.8) is 0 Å². The fourth-order valence-electron chi connectivity index (χ4n) is 10.00. The smallest absolute Gasteiger partial charge is 0.193 e. The number of aryl methyl sites for hydroxylation is 4. The Balaban J connectivity index is 1.92. The summed E-state index contributed by atoms with van der Waals surface area (Å²) in [7, 11) is -7.61. The third-order valence-corrected chi connectivity index (χ3v) is 14.9. The van der Waals surface area contributed by atoms with Crippen molar-refractivity contribution in [3.8, 4) is 0 Å². The summed E-state index contributed by atoms with van der Waals surface area (Å²) in [6.45, 7) is 20.5. The first-order valence-corrected chi connectivity index (χ1v) is 28.1. The highest BCUT2D eigenvalue weighted by molar-refractivity contribution is 7.58. The molecule has 0 spiro atoms. The van der Waals surface area contributed by atoms with Crippen LogP contribution < -0.4 is 0 Å². The summed E-state index contributed by atoms with van der Waals surface area (Å²) < 4.78 is 0. The van der Waals surface area contributed by atoms with Gasteiger partial charge in [-0.3, -0.25) is 0 Å². The van der Waals surface area contributed by atoms with Crippen LogP contribution in [-0.2, 0) is 23.7 Å². The van der Waals surface area contributed by atoms with E-state index in [4.69, 9.17) is 0 Å². The van der Waals surface area contributed by atoms with Gasteiger partial charge in [0.1, 0.15) is 12.3 Å². The predicted molar refractivity (Wildman–Crippen MR) is 262 cm³/mol. The second-order valence-corrected chi connectivity index (χ2v) is 24.6. The first kappa shape index (κ1) is 55.2. The van der Waals surface area contributed by atoms with Crippen LogP contribution in [0.25, 0.3) is 0 Å². The average Bonchev–Trinajstić information content (AvgIpc) is 3.12. The Hall–Kier alpha value is -0.940. The molecule has 60 heavy (non-hydrogen) atoms. The second-order valence-electron chi connectivity index (χ2n) is 20.9. The van der Waals surface area contributed by atoms with Crippen molar-refractivity contribution in [2.75, 3.05) is 12.3 Å². The van der Waals surface area contributed by atoms with Crippen LogP contribution in [0.4, 0.5) is 0 Å². The number of hydrogen-bond donors (Lipinski definition) is 6. The van der Waals surface area contributed by atoms with Gasteiger partial charge in [0.15, 0.2) is 0 Å². The van der Waals surface area contributed by atoms with Crippen molar-refractivity contribution in [3.05, 3.63) is 69.8 Å². The average molecular weight is 877 g/mol. The van der Waals surface area contributed by atoms with Crippen molar-refractivity contribution in [1.82, 2.24) is 0 Å². The maximum atomic E-state index is 9.83. The van der Waals surface area contributed by atoms with Crippen molar-refractivity contribution < 1.29 is 29.4 Å². The lowest BCUT2D eigenvalue weighted by Gasteiger charge is -2.35. The van der Waals surface area contributed by atoms with Gasteiger partial charge in [0, 0.05) is 0 Å². The minimum absolute atomic E-state index is 0.0576. The number of benzene rings is 2. The Bertz CT molecular complexity index is 1330. The van der Waals surface area contributed by atoms with Crippen molar-refractivity contribution in [1.29, 1.82) is 0 Å². The molecule has 6 nitrogen and oxygen atoms in total. The van der Waals surface area contributed by atoms with Crippen molar-refractivity contribution in [2.45, 2.75) is 227 Å². The first-order valence-electron chi connectivity index (χ1n) is 24.4. The lowest BCUT2D eigenvalue weighted by molar-refractivity contribution is 0.161. The van der Waals surface area contributed by atoms with E-state index in [2.05, 4.69) is 98.7 Å². The fourth-order valence-corrected chi connectivity index (χ4v) is 11.2. The second kappa shape index (κ2) is 28.1. The van der Waals surface area contributed by atoms with Gasteiger partial charge in [0.25, 0.3) is 0 Å². The maximum absolute atomic E-state index is 9.83. The molecule has 6 N–H and O–H groups in total. The third-order valence-electron chi connectivity index (χ3n) is 13.1. The van der Waals surface area contributed by atoms with Crippen LogP contribution in [0.15, 0.2) is 36.4 Å². The highest BCUT2D eigenvalue weighted by Crippen LogP contribution is 2.48. The zero-order valence-electron chi connectivity index (χ0n) is 40.2. The molecule has 0 radical (unpaired) electrons. The summed E-state index contributed by atoms with van der Waals surface area (Å²) in [6, 6.07) is 13.9. The molecule has 2 aromatic rings. The topological polar surface area (TPSA) is 121 Å². The van der Waals surface area contributed by atoms with Crippen LogP contribution in [0, 0.1) is 31.6 Å². The Morgan fingerprint density at radius 1 is 0.433 bits per heavy atom. The lowest BCUT2D eigenvalue weighted by atomic mass is 9.71. The molecule has 0 saturated carbocycles. The van der Waals surface area contributed by atoms with Gasteiger partial charge < -0.3 is 0 Å². The van der Waals surface area contributed by atoms with Gasteiger partial charge in [0.2, 0.25) is 0 Å². The minimum Gasteiger partial charge on any atom is -0.193 e. The number of unbranched alkanes of at least 4 members (excludes halogenated alkanes) is 12. The van der Waals surface area contributed by atoms with Gasteiger partial charge in [0.05, 0.1) is 0 Å². The molecule has 0 aliphatic carbocycles. The molecule has 0 aromatic heterocycles. The fraction of sp³-hybridized carbons (Fsp3) is 0.769. The molecule has 0 amide bonds. The van der Waals surface area contributed by atoms with Crippen LogP contribution in [0.3, 0.4) is 0 Å². The molecule has 2 rings (SSSR count). The van der Waals surface area contributed by atoms with E-state index < -0.39 is 15.9 Å². The Morgan fingerprint density at radius 2 is 0.750 bits per heavy atom. The van der Waals surface area contributed by atoms with E-state index in [-0.39, 0.29) is 23.2 Å². The van der Waals surface area contributed by atoms with Gasteiger partial charge in [-0.15, -0.1) is 0 Å². The molecule has 2 atom stereocenters. The van der Waals surface area contributed by atoms with Gasteiger partial charge in [-0.25, -0.2) is 0 Å². The summed E-state index contributed by atoms with van der Waals surface area (Å²) >= 11 is 0. The molecule has 0 fully saturated rings. The minimum atomic E-state index is -3.80. The van der Waals surface area contributed by atoms with E-state index in [0.29, 0.717) is 30.6 Å². The van der Waals surface area contributed by atoms with Crippen LogP contribution in [0.1, 0.15) is 223 Å². The van der Waals surface area contributed by atoms with Crippen LogP contribution in [0.2, 0.25) is 0 Å². The van der Waals surface area contributed by atoms with E-state index >= 15 is 0 Å². The van der Waals surface area contributed by atoms with Crippen LogP contribution in [0.5, 0.6) is 0 Å². The molecule has 8 heteroatoms. The molecular weight excluding hydrogens is 783 g/mol. The van der Waals surface area contributed by atoms with E-state index in [9.17, 15) is 29.4 Å². The van der Waals surface area contributed by atoms with Gasteiger partial charge in [-0.1, -0.05) is 199 Å². The van der Waals surface area contributed by atoms with E-state index in [1.54, 1.807) is 0 Å². The number of hydrogen-bond acceptors (Lipinski definition) is 6. The summed E-state index contributed by atoms with van der Waals surface area (Å²) in [6.07, 6.45) is 27.0. The highest BCUT2D eigenvalue weighted by atomic mass is 31.2. The molecule has 2 unspecified atom stereocenters. The van der Waals surface area contributed by atoms with Crippen LogP contribution >= 0.6 is 15.9 Å². The lowest BCUT2D eigenvalue weighted by Crippen LogP contribution is -2.25. The summed E-state index contributed by atoms with van der Waals surface area (Å²) in [4.78, 5) is 59.0. The Morgan fingerprint density at radius 3 is 1.07 bits per heavy atom. The third kappa shape index (κ3) is 24.2. The molecular formula is C52H94O6P2+2. The normalized spacial score (nSPS) is 14.4. The monoisotopic (exact) mass is 877 g/mol. The molecule has 346 valence electrons. The molecule has 0 aliphatic heterocycles. The predicted octanol–water partition coefficient (Wildman–Crippen LogP) is 14.6. The van der Waals surface area contributed by atoms with E-state index in [1.165, 1.54) is 110 Å². The van der Waals surface area contributed by atoms with Gasteiger partial charge in [-0.05, 0) is 116 Å². The SMILES string of the molecule is CCCC(C(CCCCCCCCCc1cc(C)ccc1C(C)(C)C)CCC[P+](O)(O)O)C(CCCCCCCCCc1cc(C)ccc1C(C)(C)C)CCC[P+](O)(O)O. The molecule has 0 heterocycles. The molecule has 2 aromatic carbocycles. The largest absolute Gasteiger partial charge is 0.403 e. The van der Waals surface area contributed by atoms with Gasteiger partial charge >= 0.3 is 15.9 Å². The Kier molecular flexibility index (Phi) is 25.8. The van der Waals surface area contributed by atoms with Crippen molar-refractivity contribution in [2.24, 2.45) is 17.8 Å². The van der Waals surface area contributed by atoms with Crippen molar-refractivity contribution >= 4 is 15.9 Å². The van der Waals surface area contributed by atoms with E-state index in [1.807, 2.05) is 0 Å². The van der Waals surface area contributed by atoms with E-state index in [0.717, 1.165) is 64.2 Å². The quantitative estimate of drug-likeness (QED) is 0.0322. The van der Waals surface area contributed by atoms with Crippen LogP contribution in [-0.4, -0.2) is 41.7 Å². The standard InChI is InChI=1S/C52H94O6P2/c1-10-27-48(44(32-25-38-59(53,54)55)28-21-17-13-11-15-19-23-30-46-40-42(2)34-36-49(46)51(4,5)6)45(33-26-39-60(56,57)58)29-22-18-14-12-16-20-24-31-47-41-43(3)35-37-50(47)52(7,8)9/h34-37,40-41,44-45,48,53-58H,10-33,38-39H2,1-9H3/q+2. The molecule has 0 bridgehead atoms. The number of rotatable bonds is 32.